The van der Waals surface area contributed by atoms with Crippen LogP contribution in [0.25, 0.3) is 11.3 Å². The van der Waals surface area contributed by atoms with Gasteiger partial charge >= 0.3 is 0 Å². The third kappa shape index (κ3) is 5.94. The summed E-state index contributed by atoms with van der Waals surface area (Å²) in [7, 11) is 0. The van der Waals surface area contributed by atoms with E-state index in [1.54, 1.807) is 19.2 Å². The molecule has 2 atom stereocenters. The van der Waals surface area contributed by atoms with Crippen molar-refractivity contribution in [3.8, 4) is 11.3 Å². The summed E-state index contributed by atoms with van der Waals surface area (Å²) in [5.41, 5.74) is 3.79. The number of hydrogen-bond acceptors (Lipinski definition) is 8. The van der Waals surface area contributed by atoms with Gasteiger partial charge in [0.1, 0.15) is 6.04 Å². The Morgan fingerprint density at radius 1 is 1.18 bits per heavy atom. The summed E-state index contributed by atoms with van der Waals surface area (Å²) >= 11 is 6.44. The molecule has 1 saturated carbocycles. The highest BCUT2D eigenvalue weighted by molar-refractivity contribution is 6.33. The number of aliphatic hydroxyl groups is 2. The lowest BCUT2D eigenvalue weighted by molar-refractivity contribution is -0.126. The predicted octanol–water partition coefficient (Wildman–Crippen LogP) is 3.41. The third-order valence-corrected chi connectivity index (χ3v) is 7.90. The van der Waals surface area contributed by atoms with Gasteiger partial charge in [0.25, 0.3) is 5.91 Å². The summed E-state index contributed by atoms with van der Waals surface area (Å²) in [6.45, 7) is 3.53. The van der Waals surface area contributed by atoms with E-state index in [-0.39, 0.29) is 37.1 Å². The maximum Gasteiger partial charge on any atom is 0.256 e. The van der Waals surface area contributed by atoms with E-state index in [4.69, 9.17) is 11.6 Å². The number of nitrogens with one attached hydrogen (secondary N) is 2. The number of aliphatic hydroxyl groups excluding tert-OH is 2. The lowest BCUT2D eigenvalue weighted by atomic mass is 9.93. The number of carbonyl (C=O) groups excluding carboxylic acids is 2. The van der Waals surface area contributed by atoms with Crippen LogP contribution in [0.3, 0.4) is 0 Å². The summed E-state index contributed by atoms with van der Waals surface area (Å²) in [6.07, 6.45) is 5.99. The quantitative estimate of drug-likeness (QED) is 0.326. The van der Waals surface area contributed by atoms with Crippen molar-refractivity contribution < 1.29 is 19.8 Å². The van der Waals surface area contributed by atoms with Crippen LogP contribution in [-0.4, -0.2) is 66.7 Å². The fourth-order valence-corrected chi connectivity index (χ4v) is 5.43. The van der Waals surface area contributed by atoms with Crippen molar-refractivity contribution in [2.75, 3.05) is 11.9 Å². The number of aromatic nitrogens is 3. The minimum absolute atomic E-state index is 0.162. The minimum atomic E-state index is -0.781. The van der Waals surface area contributed by atoms with Crippen molar-refractivity contribution in [2.24, 2.45) is 0 Å². The van der Waals surface area contributed by atoms with E-state index in [1.807, 2.05) is 31.2 Å². The summed E-state index contributed by atoms with van der Waals surface area (Å²) in [4.78, 5) is 41.4. The second kappa shape index (κ2) is 11.9. The molecule has 0 unspecified atom stereocenters. The normalized spacial score (nSPS) is 20.1. The van der Waals surface area contributed by atoms with Crippen molar-refractivity contribution in [2.45, 2.75) is 70.3 Å². The van der Waals surface area contributed by atoms with Crippen LogP contribution in [0, 0.1) is 6.92 Å². The van der Waals surface area contributed by atoms with E-state index < -0.39 is 12.1 Å². The van der Waals surface area contributed by atoms with Gasteiger partial charge in [0.2, 0.25) is 11.9 Å². The Morgan fingerprint density at radius 3 is 2.67 bits per heavy atom. The van der Waals surface area contributed by atoms with Gasteiger partial charge in [-0.05, 0) is 51.2 Å². The minimum Gasteiger partial charge on any atom is -0.394 e. The number of aryl methyl sites for hydroxylation is 1. The smallest absolute Gasteiger partial charge is 0.256 e. The Bertz CT molecular complexity index is 1410. The Morgan fingerprint density at radius 2 is 1.95 bits per heavy atom. The van der Waals surface area contributed by atoms with Crippen LogP contribution in [0.2, 0.25) is 5.02 Å². The van der Waals surface area contributed by atoms with Crippen molar-refractivity contribution in [3.63, 3.8) is 0 Å². The Labute approximate surface area is 237 Å². The standard InChI is InChI=1S/C29H33ClN6O4/c1-16-4-3-5-18(10-16)25(15-37)34-27(39)17(2)36-14-24-22(28(36)40)11-19(12-31-24)26-23(30)13-32-29(35-26)33-20-6-8-21(38)9-7-20/h3-5,10-13,17,20-21,25,37-38H,6-9,14-15H2,1-2H3,(H,34,39)(H,32,33,35)/t17-,20-,21-,25-/m1/s1. The maximum absolute atomic E-state index is 13.4. The lowest BCUT2D eigenvalue weighted by Crippen LogP contribution is -2.46. The number of hydrogen-bond donors (Lipinski definition) is 4. The van der Waals surface area contributed by atoms with E-state index in [9.17, 15) is 19.8 Å². The molecule has 3 aromatic rings. The molecule has 11 heteroatoms. The van der Waals surface area contributed by atoms with Crippen LogP contribution in [0.5, 0.6) is 0 Å². The zero-order valence-electron chi connectivity index (χ0n) is 22.5. The molecular weight excluding hydrogens is 532 g/mol. The summed E-state index contributed by atoms with van der Waals surface area (Å²) in [6, 6.07) is 8.07. The van der Waals surface area contributed by atoms with Crippen molar-refractivity contribution >= 4 is 29.4 Å². The molecule has 1 aliphatic heterocycles. The molecule has 0 spiro atoms. The monoisotopic (exact) mass is 564 g/mol. The lowest BCUT2D eigenvalue weighted by Gasteiger charge is -2.26. The topological polar surface area (TPSA) is 141 Å². The highest BCUT2D eigenvalue weighted by atomic mass is 35.5. The molecule has 1 aromatic carbocycles. The molecule has 2 aliphatic rings. The number of carbonyl (C=O) groups is 2. The highest BCUT2D eigenvalue weighted by Gasteiger charge is 2.36. The average molecular weight is 565 g/mol. The van der Waals surface area contributed by atoms with Crippen LogP contribution in [0.1, 0.15) is 65.8 Å². The van der Waals surface area contributed by atoms with E-state index in [1.165, 1.54) is 11.1 Å². The van der Waals surface area contributed by atoms with Crippen LogP contribution >= 0.6 is 11.6 Å². The van der Waals surface area contributed by atoms with Gasteiger partial charge < -0.3 is 25.7 Å². The van der Waals surface area contributed by atoms with Gasteiger partial charge in [0.15, 0.2) is 0 Å². The van der Waals surface area contributed by atoms with Gasteiger partial charge in [-0.25, -0.2) is 9.97 Å². The molecule has 0 saturated heterocycles. The molecule has 40 heavy (non-hydrogen) atoms. The molecule has 3 heterocycles. The summed E-state index contributed by atoms with van der Waals surface area (Å²) < 4.78 is 0. The van der Waals surface area contributed by atoms with E-state index in [2.05, 4.69) is 25.6 Å². The molecule has 0 radical (unpaired) electrons. The van der Waals surface area contributed by atoms with E-state index >= 15 is 0 Å². The fourth-order valence-electron chi connectivity index (χ4n) is 5.23. The summed E-state index contributed by atoms with van der Waals surface area (Å²) in [5, 5.41) is 26.2. The van der Waals surface area contributed by atoms with Crippen LogP contribution in [-0.2, 0) is 11.3 Å². The first kappa shape index (κ1) is 27.9. The number of pyridine rings is 1. The molecule has 10 nitrogen and oxygen atoms in total. The zero-order chi connectivity index (χ0) is 28.4. The first-order valence-corrected chi connectivity index (χ1v) is 13.9. The number of anilines is 1. The maximum atomic E-state index is 13.4. The van der Waals surface area contributed by atoms with Gasteiger partial charge in [-0.15, -0.1) is 0 Å². The van der Waals surface area contributed by atoms with Gasteiger partial charge in [-0.2, -0.15) is 0 Å². The fraction of sp³-hybridized carbons (Fsp3) is 0.414. The van der Waals surface area contributed by atoms with Crippen molar-refractivity contribution in [3.05, 3.63) is 70.1 Å². The second-order valence-electron chi connectivity index (χ2n) is 10.5. The van der Waals surface area contributed by atoms with Crippen LogP contribution in [0.15, 0.2) is 42.7 Å². The average Bonchev–Trinajstić information content (AvgIpc) is 3.28. The van der Waals surface area contributed by atoms with Gasteiger partial charge in [0.05, 0.1) is 53.5 Å². The number of halogens is 1. The van der Waals surface area contributed by atoms with Crippen LogP contribution < -0.4 is 10.6 Å². The Balaban J connectivity index is 1.30. The Hall–Kier alpha value is -3.60. The molecule has 5 rings (SSSR count). The molecule has 2 aromatic heterocycles. The van der Waals surface area contributed by atoms with E-state index in [0.29, 0.717) is 33.5 Å². The first-order chi connectivity index (χ1) is 19.2. The zero-order valence-corrected chi connectivity index (χ0v) is 23.2. The molecule has 1 fully saturated rings. The predicted molar refractivity (Wildman–Crippen MR) is 151 cm³/mol. The number of benzene rings is 1. The van der Waals surface area contributed by atoms with Crippen LogP contribution in [0.4, 0.5) is 5.95 Å². The number of amides is 2. The largest absolute Gasteiger partial charge is 0.394 e. The van der Waals surface area contributed by atoms with Gasteiger partial charge in [0, 0.05) is 17.8 Å². The Kier molecular flexibility index (Phi) is 8.30. The highest BCUT2D eigenvalue weighted by Crippen LogP contribution is 2.31. The molecule has 0 bridgehead atoms. The molecule has 2 amide bonds. The second-order valence-corrected chi connectivity index (χ2v) is 10.9. The first-order valence-electron chi connectivity index (χ1n) is 13.5. The molecular formula is C29H33ClN6O4. The molecule has 1 aliphatic carbocycles. The van der Waals surface area contributed by atoms with Crippen molar-refractivity contribution in [1.29, 1.82) is 0 Å². The van der Waals surface area contributed by atoms with E-state index in [0.717, 1.165) is 36.8 Å². The van der Waals surface area contributed by atoms with Crippen molar-refractivity contribution in [1.82, 2.24) is 25.2 Å². The van der Waals surface area contributed by atoms with Gasteiger partial charge in [-0.1, -0.05) is 41.4 Å². The summed E-state index contributed by atoms with van der Waals surface area (Å²) in [5.74, 6) is -0.259. The number of fused-ring (bicyclic) bond motifs is 1. The molecule has 210 valence electrons. The molecule has 4 N–H and O–H groups in total. The van der Waals surface area contributed by atoms with Gasteiger partial charge in [-0.3, -0.25) is 14.6 Å². The number of nitrogens with zero attached hydrogens (tertiary/aromatic N) is 4. The SMILES string of the molecule is Cc1cccc([C@@H](CO)NC(=O)[C@@H](C)N2Cc3ncc(-c4nc(N[C@H]5CC[C@H](O)CC5)ncc4Cl)cc3C2=O)c1. The third-order valence-electron chi connectivity index (χ3n) is 7.62. The number of rotatable bonds is 8.